The quantitative estimate of drug-likeness (QED) is 0.902. The number of aliphatic hydroxyl groups excluding tert-OH is 1. The maximum absolute atomic E-state index is 10.6. The summed E-state index contributed by atoms with van der Waals surface area (Å²) >= 11 is 0. The van der Waals surface area contributed by atoms with Crippen molar-refractivity contribution in [2.24, 2.45) is 5.92 Å². The second kappa shape index (κ2) is 5.87. The lowest BCUT2D eigenvalue weighted by atomic mass is 9.70. The summed E-state index contributed by atoms with van der Waals surface area (Å²) in [7, 11) is 0. The lowest BCUT2D eigenvalue weighted by molar-refractivity contribution is -0.157. The van der Waals surface area contributed by atoms with Gasteiger partial charge in [-0.2, -0.15) is 0 Å². The summed E-state index contributed by atoms with van der Waals surface area (Å²) in [5, 5.41) is 10.6. The van der Waals surface area contributed by atoms with E-state index in [0.717, 1.165) is 25.9 Å². The first-order valence-electron chi connectivity index (χ1n) is 8.05. The van der Waals surface area contributed by atoms with Gasteiger partial charge in [0.25, 0.3) is 0 Å². The van der Waals surface area contributed by atoms with E-state index in [1.54, 1.807) is 0 Å². The Morgan fingerprint density at radius 1 is 1.30 bits per heavy atom. The van der Waals surface area contributed by atoms with E-state index in [1.165, 1.54) is 24.8 Å². The van der Waals surface area contributed by atoms with Gasteiger partial charge in [-0.15, -0.1) is 0 Å². The zero-order valence-electron chi connectivity index (χ0n) is 12.4. The van der Waals surface area contributed by atoms with Gasteiger partial charge in [-0.25, -0.2) is 0 Å². The second-order valence-corrected chi connectivity index (χ2v) is 6.75. The van der Waals surface area contributed by atoms with E-state index >= 15 is 0 Å². The van der Waals surface area contributed by atoms with Crippen molar-refractivity contribution < 1.29 is 9.84 Å². The molecule has 0 amide bonds. The van der Waals surface area contributed by atoms with Crippen LogP contribution in [-0.2, 0) is 4.74 Å². The molecular formula is C18H26O2. The maximum Gasteiger partial charge on any atom is 0.0686 e. The highest BCUT2D eigenvalue weighted by Gasteiger charge is 2.44. The van der Waals surface area contributed by atoms with Crippen LogP contribution in [0.15, 0.2) is 30.3 Å². The molecule has 1 aliphatic carbocycles. The average Bonchev–Trinajstić information content (AvgIpc) is 2.46. The third-order valence-electron chi connectivity index (χ3n) is 5.30. The van der Waals surface area contributed by atoms with Gasteiger partial charge in [0.15, 0.2) is 0 Å². The molecule has 1 aromatic carbocycles. The van der Waals surface area contributed by atoms with Crippen LogP contribution >= 0.6 is 0 Å². The van der Waals surface area contributed by atoms with Gasteiger partial charge in [0.1, 0.15) is 0 Å². The van der Waals surface area contributed by atoms with Gasteiger partial charge in [0.05, 0.1) is 11.7 Å². The van der Waals surface area contributed by atoms with E-state index in [4.69, 9.17) is 4.74 Å². The molecule has 110 valence electrons. The molecular weight excluding hydrogens is 248 g/mol. The molecule has 2 fully saturated rings. The van der Waals surface area contributed by atoms with Gasteiger partial charge < -0.3 is 9.84 Å². The van der Waals surface area contributed by atoms with Crippen LogP contribution < -0.4 is 0 Å². The molecule has 0 aromatic heterocycles. The molecule has 0 bridgehead atoms. The molecule has 2 nitrogen and oxygen atoms in total. The molecule has 1 saturated heterocycles. The Hall–Kier alpha value is -0.860. The highest BCUT2D eigenvalue weighted by Crippen LogP contribution is 2.45. The van der Waals surface area contributed by atoms with E-state index < -0.39 is 0 Å². The van der Waals surface area contributed by atoms with Crippen molar-refractivity contribution in [2.75, 3.05) is 6.61 Å². The van der Waals surface area contributed by atoms with Crippen molar-refractivity contribution in [1.29, 1.82) is 0 Å². The minimum atomic E-state index is -0.188. The summed E-state index contributed by atoms with van der Waals surface area (Å²) in [6, 6.07) is 10.5. The maximum atomic E-state index is 10.6. The molecule has 1 spiro atoms. The smallest absolute Gasteiger partial charge is 0.0686 e. The molecule has 20 heavy (non-hydrogen) atoms. The number of benzene rings is 1. The number of hydrogen-bond donors (Lipinski definition) is 1. The predicted molar refractivity (Wildman–Crippen MR) is 80.7 cm³/mol. The molecule has 2 aliphatic rings. The SMILES string of the molecule is CC(CC(O)C1CCOC2(CCC2)C1)c1ccccc1. The monoisotopic (exact) mass is 274 g/mol. The van der Waals surface area contributed by atoms with E-state index in [9.17, 15) is 5.11 Å². The number of rotatable bonds is 4. The van der Waals surface area contributed by atoms with Crippen molar-refractivity contribution in [2.45, 2.75) is 63.1 Å². The largest absolute Gasteiger partial charge is 0.393 e. The number of ether oxygens (including phenoxy) is 1. The second-order valence-electron chi connectivity index (χ2n) is 6.75. The van der Waals surface area contributed by atoms with Crippen LogP contribution in [0.4, 0.5) is 0 Å². The molecule has 1 heterocycles. The summed E-state index contributed by atoms with van der Waals surface area (Å²) in [5.41, 5.74) is 1.47. The molecule has 3 rings (SSSR count). The minimum absolute atomic E-state index is 0.139. The van der Waals surface area contributed by atoms with Crippen molar-refractivity contribution in [3.8, 4) is 0 Å². The van der Waals surface area contributed by atoms with Gasteiger partial charge in [-0.1, -0.05) is 37.3 Å². The summed E-state index contributed by atoms with van der Waals surface area (Å²) in [6.45, 7) is 3.05. The van der Waals surface area contributed by atoms with E-state index in [1.807, 2.05) is 6.07 Å². The van der Waals surface area contributed by atoms with Crippen molar-refractivity contribution in [3.63, 3.8) is 0 Å². The fourth-order valence-corrected chi connectivity index (χ4v) is 3.79. The van der Waals surface area contributed by atoms with E-state index in [2.05, 4.69) is 31.2 Å². The van der Waals surface area contributed by atoms with Crippen LogP contribution in [-0.4, -0.2) is 23.4 Å². The first-order chi connectivity index (χ1) is 9.69. The molecule has 1 aromatic rings. The van der Waals surface area contributed by atoms with E-state index in [-0.39, 0.29) is 11.7 Å². The van der Waals surface area contributed by atoms with Crippen molar-refractivity contribution >= 4 is 0 Å². The van der Waals surface area contributed by atoms with Gasteiger partial charge in [-0.05, 0) is 55.9 Å². The third-order valence-corrected chi connectivity index (χ3v) is 5.30. The predicted octanol–water partition coefficient (Wildman–Crippen LogP) is 3.89. The molecule has 1 saturated carbocycles. The lowest BCUT2D eigenvalue weighted by Crippen LogP contribution is -2.47. The Labute approximate surface area is 122 Å². The summed E-state index contributed by atoms with van der Waals surface area (Å²) in [4.78, 5) is 0. The molecule has 0 radical (unpaired) electrons. The van der Waals surface area contributed by atoms with Gasteiger partial charge in [0, 0.05) is 6.61 Å². The van der Waals surface area contributed by atoms with Crippen LogP contribution in [0.5, 0.6) is 0 Å². The van der Waals surface area contributed by atoms with Crippen LogP contribution in [0.25, 0.3) is 0 Å². The number of hydrogen-bond acceptors (Lipinski definition) is 2. The fraction of sp³-hybridized carbons (Fsp3) is 0.667. The minimum Gasteiger partial charge on any atom is -0.393 e. The van der Waals surface area contributed by atoms with E-state index in [0.29, 0.717) is 11.8 Å². The van der Waals surface area contributed by atoms with Crippen LogP contribution in [0.1, 0.15) is 56.9 Å². The van der Waals surface area contributed by atoms with Gasteiger partial charge in [-0.3, -0.25) is 0 Å². The summed E-state index contributed by atoms with van der Waals surface area (Å²) < 4.78 is 5.96. The highest BCUT2D eigenvalue weighted by atomic mass is 16.5. The Morgan fingerprint density at radius 2 is 2.05 bits per heavy atom. The van der Waals surface area contributed by atoms with Crippen molar-refractivity contribution in [1.82, 2.24) is 0 Å². The Morgan fingerprint density at radius 3 is 2.70 bits per heavy atom. The topological polar surface area (TPSA) is 29.5 Å². The fourth-order valence-electron chi connectivity index (χ4n) is 3.79. The summed E-state index contributed by atoms with van der Waals surface area (Å²) in [5.74, 6) is 0.849. The standard InChI is InChI=1S/C18H26O2/c1-14(15-6-3-2-4-7-15)12-17(19)16-8-11-20-18(13-16)9-5-10-18/h2-4,6-7,14,16-17,19H,5,8-13H2,1H3. The Balaban J connectivity index is 1.57. The average molecular weight is 274 g/mol. The molecule has 2 heteroatoms. The molecule has 1 aliphatic heterocycles. The summed E-state index contributed by atoms with van der Waals surface area (Å²) in [6.07, 6.45) is 6.45. The Kier molecular flexibility index (Phi) is 4.13. The highest BCUT2D eigenvalue weighted by molar-refractivity contribution is 5.18. The number of aliphatic hydroxyl groups is 1. The molecule has 1 N–H and O–H groups in total. The zero-order valence-corrected chi connectivity index (χ0v) is 12.4. The Bertz CT molecular complexity index is 424. The van der Waals surface area contributed by atoms with Crippen LogP contribution in [0, 0.1) is 5.92 Å². The lowest BCUT2D eigenvalue weighted by Gasteiger charge is -2.48. The third kappa shape index (κ3) is 2.91. The van der Waals surface area contributed by atoms with Crippen molar-refractivity contribution in [3.05, 3.63) is 35.9 Å². The zero-order chi connectivity index (χ0) is 14.0. The van der Waals surface area contributed by atoms with Gasteiger partial charge >= 0.3 is 0 Å². The van der Waals surface area contributed by atoms with Crippen LogP contribution in [0.3, 0.4) is 0 Å². The first kappa shape index (κ1) is 14.1. The normalized spacial score (nSPS) is 27.8. The first-order valence-corrected chi connectivity index (χ1v) is 8.05. The molecule has 3 unspecified atom stereocenters. The van der Waals surface area contributed by atoms with Gasteiger partial charge in [0.2, 0.25) is 0 Å². The van der Waals surface area contributed by atoms with Crippen LogP contribution in [0.2, 0.25) is 0 Å². The molecule has 3 atom stereocenters.